The van der Waals surface area contributed by atoms with E-state index >= 15 is 0 Å². The molecular weight excluding hydrogens is 490 g/mol. The summed E-state index contributed by atoms with van der Waals surface area (Å²) < 4.78 is 8.02. The molecule has 1 unspecified atom stereocenters. The Morgan fingerprint density at radius 2 is 1.72 bits per heavy atom. The predicted octanol–water partition coefficient (Wildman–Crippen LogP) is 5.89. The lowest BCUT2D eigenvalue weighted by Gasteiger charge is -2.28. The average molecular weight is 532 g/mol. The standard InChI is InChI=1S/C29H35N5O3.C2H6/c1-19(29(2,3)4)37-24-10-6-20(7-11-24)16-33-17-22-9-8-21(14-23(22)18-33)27-30-15-26(32(27)5)34-13-12-25(35)31-28(34)36;1-2/h6-11,14-15,19H,12-13,16-18H2,1-5H3,(H,31,35,36);1-2H3. The van der Waals surface area contributed by atoms with E-state index < -0.39 is 6.03 Å². The van der Waals surface area contributed by atoms with Crippen LogP contribution in [0.3, 0.4) is 0 Å². The van der Waals surface area contributed by atoms with Gasteiger partial charge in [-0.2, -0.15) is 0 Å². The van der Waals surface area contributed by atoms with Crippen molar-refractivity contribution < 1.29 is 14.3 Å². The molecule has 2 aromatic carbocycles. The number of nitrogens with one attached hydrogen (secondary N) is 1. The van der Waals surface area contributed by atoms with Crippen LogP contribution in [0.1, 0.15) is 64.7 Å². The second-order valence-corrected chi connectivity index (χ2v) is 11.2. The van der Waals surface area contributed by atoms with Gasteiger partial charge in [-0.05, 0) is 47.2 Å². The summed E-state index contributed by atoms with van der Waals surface area (Å²) in [4.78, 5) is 32.4. The van der Waals surface area contributed by atoms with Gasteiger partial charge in [0, 0.05) is 45.2 Å². The van der Waals surface area contributed by atoms with Crippen molar-refractivity contribution in [2.45, 2.75) is 73.7 Å². The number of carbonyl (C=O) groups is 2. The Kier molecular flexibility index (Phi) is 8.45. The Labute approximate surface area is 232 Å². The Hall–Kier alpha value is -3.65. The zero-order valence-electron chi connectivity index (χ0n) is 24.2. The smallest absolute Gasteiger partial charge is 0.329 e. The third kappa shape index (κ3) is 6.33. The van der Waals surface area contributed by atoms with E-state index in [9.17, 15) is 9.59 Å². The van der Waals surface area contributed by atoms with Crippen LogP contribution in [0.25, 0.3) is 11.4 Å². The highest BCUT2D eigenvalue weighted by Gasteiger charge is 2.28. The highest BCUT2D eigenvalue weighted by Crippen LogP contribution is 2.31. The van der Waals surface area contributed by atoms with Gasteiger partial charge in [-0.25, -0.2) is 9.78 Å². The molecular formula is C31H41N5O3. The molecule has 8 nitrogen and oxygen atoms in total. The number of hydrogen-bond donors (Lipinski definition) is 1. The molecule has 2 aliphatic rings. The fourth-order valence-electron chi connectivity index (χ4n) is 4.73. The largest absolute Gasteiger partial charge is 0.490 e. The maximum absolute atomic E-state index is 12.3. The first kappa shape index (κ1) is 28.4. The first-order valence-corrected chi connectivity index (χ1v) is 13.8. The van der Waals surface area contributed by atoms with Crippen molar-refractivity contribution in [1.29, 1.82) is 0 Å². The number of urea groups is 1. The number of ether oxygens (including phenoxy) is 1. The molecule has 0 bridgehead atoms. The lowest BCUT2D eigenvalue weighted by atomic mass is 9.90. The van der Waals surface area contributed by atoms with Crippen LogP contribution in [0.15, 0.2) is 48.7 Å². The van der Waals surface area contributed by atoms with Gasteiger partial charge in [0.2, 0.25) is 5.91 Å². The van der Waals surface area contributed by atoms with Gasteiger partial charge < -0.3 is 9.30 Å². The van der Waals surface area contributed by atoms with Crippen LogP contribution in [0.2, 0.25) is 0 Å². The Balaban J connectivity index is 0.00000172. The summed E-state index contributed by atoms with van der Waals surface area (Å²) in [6, 6.07) is 14.5. The summed E-state index contributed by atoms with van der Waals surface area (Å²) in [7, 11) is 1.90. The van der Waals surface area contributed by atoms with Crippen LogP contribution in [-0.4, -0.2) is 39.0 Å². The summed E-state index contributed by atoms with van der Waals surface area (Å²) in [6.07, 6.45) is 2.11. The van der Waals surface area contributed by atoms with Crippen LogP contribution in [0.5, 0.6) is 5.75 Å². The number of carbonyl (C=O) groups excluding carboxylic acids is 2. The van der Waals surface area contributed by atoms with Crippen molar-refractivity contribution in [3.63, 3.8) is 0 Å². The monoisotopic (exact) mass is 531 g/mol. The first-order chi connectivity index (χ1) is 18.6. The second kappa shape index (κ2) is 11.6. The SMILES string of the molecule is CC.CC(Oc1ccc(CN2Cc3ccc(-c4ncc(N5CCC(=O)NC5=O)n4C)cc3C2)cc1)C(C)(C)C. The molecule has 0 radical (unpaired) electrons. The summed E-state index contributed by atoms with van der Waals surface area (Å²) >= 11 is 0. The van der Waals surface area contributed by atoms with Crippen LogP contribution in [-0.2, 0) is 31.5 Å². The van der Waals surface area contributed by atoms with Gasteiger partial charge in [0.15, 0.2) is 0 Å². The molecule has 1 fully saturated rings. The minimum absolute atomic E-state index is 0.0952. The molecule has 208 valence electrons. The van der Waals surface area contributed by atoms with E-state index in [2.05, 4.69) is 85.4 Å². The number of benzene rings is 2. The number of amides is 3. The molecule has 0 spiro atoms. The van der Waals surface area contributed by atoms with Gasteiger partial charge in [-0.3, -0.25) is 19.9 Å². The van der Waals surface area contributed by atoms with Gasteiger partial charge in [0.25, 0.3) is 0 Å². The molecule has 2 aliphatic heterocycles. The molecule has 1 saturated heterocycles. The van der Waals surface area contributed by atoms with E-state index in [4.69, 9.17) is 4.74 Å². The molecule has 1 aromatic heterocycles. The topological polar surface area (TPSA) is 79.7 Å². The fraction of sp³-hybridized carbons (Fsp3) is 0.452. The van der Waals surface area contributed by atoms with E-state index in [0.717, 1.165) is 36.8 Å². The fourth-order valence-corrected chi connectivity index (χ4v) is 4.73. The van der Waals surface area contributed by atoms with Crippen molar-refractivity contribution in [2.24, 2.45) is 12.5 Å². The molecule has 0 saturated carbocycles. The number of fused-ring (bicyclic) bond motifs is 1. The maximum atomic E-state index is 12.3. The van der Waals surface area contributed by atoms with E-state index in [1.54, 1.807) is 11.1 Å². The molecule has 3 amide bonds. The lowest BCUT2D eigenvalue weighted by molar-refractivity contribution is -0.120. The van der Waals surface area contributed by atoms with Crippen LogP contribution < -0.4 is 15.0 Å². The van der Waals surface area contributed by atoms with Gasteiger partial charge in [0.05, 0.1) is 6.20 Å². The zero-order valence-corrected chi connectivity index (χ0v) is 24.2. The van der Waals surface area contributed by atoms with Crippen LogP contribution in [0.4, 0.5) is 10.6 Å². The summed E-state index contributed by atoms with van der Waals surface area (Å²) in [5.74, 6) is 2.13. The summed E-state index contributed by atoms with van der Waals surface area (Å²) in [6.45, 7) is 15.7. The number of anilines is 1. The van der Waals surface area contributed by atoms with Crippen molar-refractivity contribution in [2.75, 3.05) is 11.4 Å². The lowest BCUT2D eigenvalue weighted by Crippen LogP contribution is -2.50. The van der Waals surface area contributed by atoms with E-state index in [0.29, 0.717) is 12.4 Å². The highest BCUT2D eigenvalue weighted by molar-refractivity contribution is 6.05. The first-order valence-electron chi connectivity index (χ1n) is 13.8. The Morgan fingerprint density at radius 3 is 2.38 bits per heavy atom. The van der Waals surface area contributed by atoms with Gasteiger partial charge in [-0.15, -0.1) is 0 Å². The maximum Gasteiger partial charge on any atom is 0.329 e. The molecule has 8 heteroatoms. The normalized spacial score (nSPS) is 16.3. The van der Waals surface area contributed by atoms with Gasteiger partial charge >= 0.3 is 6.03 Å². The molecule has 1 N–H and O–H groups in total. The number of hydrogen-bond acceptors (Lipinski definition) is 5. The number of imidazole rings is 1. The van der Waals surface area contributed by atoms with Gasteiger partial charge in [-0.1, -0.05) is 58.9 Å². The third-order valence-corrected chi connectivity index (χ3v) is 7.41. The number of nitrogens with zero attached hydrogens (tertiary/aromatic N) is 4. The molecule has 0 aliphatic carbocycles. The van der Waals surface area contributed by atoms with Crippen molar-refractivity contribution >= 4 is 17.8 Å². The molecule has 1 atom stereocenters. The molecule has 3 aromatic rings. The quantitative estimate of drug-likeness (QED) is 0.429. The van der Waals surface area contributed by atoms with E-state index in [1.165, 1.54) is 16.7 Å². The Bertz CT molecular complexity index is 1320. The zero-order chi connectivity index (χ0) is 28.3. The average Bonchev–Trinajstić information content (AvgIpc) is 3.48. The highest BCUT2D eigenvalue weighted by atomic mass is 16.5. The minimum Gasteiger partial charge on any atom is -0.490 e. The summed E-state index contributed by atoms with van der Waals surface area (Å²) in [5.41, 5.74) is 4.99. The number of aromatic nitrogens is 2. The van der Waals surface area contributed by atoms with E-state index in [1.807, 2.05) is 25.5 Å². The van der Waals surface area contributed by atoms with Crippen LogP contribution >= 0.6 is 0 Å². The third-order valence-electron chi connectivity index (χ3n) is 7.41. The number of rotatable bonds is 6. The van der Waals surface area contributed by atoms with E-state index in [-0.39, 0.29) is 23.8 Å². The second-order valence-electron chi connectivity index (χ2n) is 11.2. The molecule has 5 rings (SSSR count). The minimum atomic E-state index is -0.404. The molecule has 39 heavy (non-hydrogen) atoms. The van der Waals surface area contributed by atoms with Crippen molar-refractivity contribution in [3.8, 4) is 17.1 Å². The predicted molar refractivity (Wildman–Crippen MR) is 154 cm³/mol. The van der Waals surface area contributed by atoms with Gasteiger partial charge in [0.1, 0.15) is 23.5 Å². The molecule has 3 heterocycles. The number of imide groups is 1. The van der Waals surface area contributed by atoms with Crippen molar-refractivity contribution in [3.05, 3.63) is 65.4 Å². The van der Waals surface area contributed by atoms with Crippen LogP contribution in [0, 0.1) is 5.41 Å². The Morgan fingerprint density at radius 1 is 1.03 bits per heavy atom. The summed E-state index contributed by atoms with van der Waals surface area (Å²) in [5, 5.41) is 2.37. The van der Waals surface area contributed by atoms with Crippen molar-refractivity contribution in [1.82, 2.24) is 19.8 Å².